The fourth-order valence-electron chi connectivity index (χ4n) is 2.40. The Bertz CT molecular complexity index is 537. The summed E-state index contributed by atoms with van der Waals surface area (Å²) in [7, 11) is 1.39. The molecule has 5 heteroatoms. The van der Waals surface area contributed by atoms with E-state index in [1.807, 2.05) is 24.3 Å². The van der Waals surface area contributed by atoms with Gasteiger partial charge in [0.05, 0.1) is 7.11 Å². The van der Waals surface area contributed by atoms with Crippen LogP contribution >= 0.6 is 0 Å². The first kappa shape index (κ1) is 19.9. The van der Waals surface area contributed by atoms with Gasteiger partial charge in [-0.05, 0) is 24.8 Å². The molecule has 0 aliphatic rings. The van der Waals surface area contributed by atoms with Crippen molar-refractivity contribution in [3.63, 3.8) is 0 Å². The molecule has 5 nitrogen and oxygen atoms in total. The van der Waals surface area contributed by atoms with Crippen molar-refractivity contribution >= 4 is 17.7 Å². The molecule has 0 heterocycles. The van der Waals surface area contributed by atoms with Gasteiger partial charge >= 0.3 is 5.97 Å². The summed E-state index contributed by atoms with van der Waals surface area (Å²) in [6, 6.07) is 7.57. The Morgan fingerprint density at radius 2 is 1.58 bits per heavy atom. The standard InChI is InChI=1S/C19H27NO4/c1-15(21)20-14-13-16-9-11-17(12-10-16)18(22)7-5-3-4-6-8-19(23)24-2/h9-12H,3-8,13-14H2,1-2H3,(H,20,21). The minimum atomic E-state index is -0.176. The molecule has 0 saturated carbocycles. The lowest BCUT2D eigenvalue weighted by Gasteiger charge is -2.05. The number of nitrogens with one attached hydrogen (secondary N) is 1. The molecule has 0 saturated heterocycles. The summed E-state index contributed by atoms with van der Waals surface area (Å²) in [5, 5.41) is 2.75. The maximum atomic E-state index is 12.1. The molecule has 1 aromatic rings. The molecular weight excluding hydrogens is 306 g/mol. The van der Waals surface area contributed by atoms with Gasteiger partial charge in [0.15, 0.2) is 5.78 Å². The van der Waals surface area contributed by atoms with Gasteiger partial charge in [-0.15, -0.1) is 0 Å². The molecule has 0 aliphatic heterocycles. The first-order chi connectivity index (χ1) is 11.5. The van der Waals surface area contributed by atoms with Crippen molar-refractivity contribution in [1.82, 2.24) is 5.32 Å². The summed E-state index contributed by atoms with van der Waals surface area (Å²) in [4.78, 5) is 33.9. The van der Waals surface area contributed by atoms with E-state index in [2.05, 4.69) is 10.1 Å². The van der Waals surface area contributed by atoms with Crippen LogP contribution in [0.2, 0.25) is 0 Å². The van der Waals surface area contributed by atoms with Crippen LogP contribution < -0.4 is 5.32 Å². The molecule has 132 valence electrons. The maximum Gasteiger partial charge on any atom is 0.305 e. The van der Waals surface area contributed by atoms with Gasteiger partial charge in [-0.25, -0.2) is 0 Å². The highest BCUT2D eigenvalue weighted by atomic mass is 16.5. The van der Waals surface area contributed by atoms with Gasteiger partial charge in [0.2, 0.25) is 5.91 Å². The van der Waals surface area contributed by atoms with Gasteiger partial charge in [0.1, 0.15) is 0 Å². The Hall–Kier alpha value is -2.17. The lowest BCUT2D eigenvalue weighted by molar-refractivity contribution is -0.140. The molecule has 1 rings (SSSR count). The van der Waals surface area contributed by atoms with Gasteiger partial charge in [0, 0.05) is 31.9 Å². The van der Waals surface area contributed by atoms with Crippen molar-refractivity contribution in [1.29, 1.82) is 0 Å². The number of carbonyl (C=O) groups is 3. The zero-order valence-corrected chi connectivity index (χ0v) is 14.6. The van der Waals surface area contributed by atoms with Crippen molar-refractivity contribution in [2.45, 2.75) is 51.9 Å². The lowest BCUT2D eigenvalue weighted by Crippen LogP contribution is -2.22. The molecule has 0 aliphatic carbocycles. The minimum Gasteiger partial charge on any atom is -0.469 e. The van der Waals surface area contributed by atoms with E-state index >= 15 is 0 Å². The molecule has 0 unspecified atom stereocenters. The number of amides is 1. The van der Waals surface area contributed by atoms with Gasteiger partial charge in [-0.3, -0.25) is 14.4 Å². The average Bonchev–Trinajstić information content (AvgIpc) is 2.57. The number of benzene rings is 1. The topological polar surface area (TPSA) is 72.5 Å². The highest BCUT2D eigenvalue weighted by Crippen LogP contribution is 2.12. The van der Waals surface area contributed by atoms with E-state index in [0.717, 1.165) is 43.2 Å². The van der Waals surface area contributed by atoms with Crippen molar-refractivity contribution < 1.29 is 19.1 Å². The highest BCUT2D eigenvalue weighted by molar-refractivity contribution is 5.96. The molecule has 1 amide bonds. The Labute approximate surface area is 143 Å². The van der Waals surface area contributed by atoms with Crippen LogP contribution in [0.3, 0.4) is 0 Å². The van der Waals surface area contributed by atoms with Gasteiger partial charge < -0.3 is 10.1 Å². The molecular formula is C19H27NO4. The monoisotopic (exact) mass is 333 g/mol. The molecule has 0 spiro atoms. The summed E-state index contributed by atoms with van der Waals surface area (Å²) in [6.07, 6.45) is 5.26. The predicted octanol–water partition coefficient (Wildman–Crippen LogP) is 3.06. The molecule has 0 radical (unpaired) electrons. The van der Waals surface area contributed by atoms with E-state index < -0.39 is 0 Å². The number of ketones is 1. The second-order valence-corrected chi connectivity index (χ2v) is 5.84. The third kappa shape index (κ3) is 8.46. The summed E-state index contributed by atoms with van der Waals surface area (Å²) in [5.41, 5.74) is 1.83. The molecule has 1 aromatic carbocycles. The molecule has 0 fully saturated rings. The number of hydrogen-bond acceptors (Lipinski definition) is 4. The average molecular weight is 333 g/mol. The van der Waals surface area contributed by atoms with Crippen LogP contribution in [0.1, 0.15) is 61.4 Å². The first-order valence-corrected chi connectivity index (χ1v) is 8.46. The zero-order valence-electron chi connectivity index (χ0n) is 14.6. The largest absolute Gasteiger partial charge is 0.469 e. The quantitative estimate of drug-likeness (QED) is 0.384. The van der Waals surface area contributed by atoms with Crippen LogP contribution in [0.15, 0.2) is 24.3 Å². The fourth-order valence-corrected chi connectivity index (χ4v) is 2.40. The summed E-state index contributed by atoms with van der Waals surface area (Å²) < 4.78 is 4.58. The third-order valence-corrected chi connectivity index (χ3v) is 3.83. The number of ether oxygens (including phenoxy) is 1. The highest BCUT2D eigenvalue weighted by Gasteiger charge is 2.06. The van der Waals surface area contributed by atoms with Crippen molar-refractivity contribution in [3.05, 3.63) is 35.4 Å². The van der Waals surface area contributed by atoms with Gasteiger partial charge in [-0.2, -0.15) is 0 Å². The molecule has 0 atom stereocenters. The van der Waals surface area contributed by atoms with E-state index in [-0.39, 0.29) is 17.7 Å². The van der Waals surface area contributed by atoms with Crippen LogP contribution in [0.25, 0.3) is 0 Å². The molecule has 1 N–H and O–H groups in total. The zero-order chi connectivity index (χ0) is 17.8. The van der Waals surface area contributed by atoms with Gasteiger partial charge in [-0.1, -0.05) is 37.1 Å². The van der Waals surface area contributed by atoms with E-state index in [1.54, 1.807) is 0 Å². The van der Waals surface area contributed by atoms with Gasteiger partial charge in [0.25, 0.3) is 0 Å². The first-order valence-electron chi connectivity index (χ1n) is 8.46. The number of Topliss-reactive ketones (excluding diaryl/α,β-unsaturated/α-hetero) is 1. The SMILES string of the molecule is COC(=O)CCCCCCC(=O)c1ccc(CCNC(C)=O)cc1. The van der Waals surface area contributed by atoms with Crippen LogP contribution in [-0.4, -0.2) is 31.3 Å². The Morgan fingerprint density at radius 1 is 0.958 bits per heavy atom. The van der Waals surface area contributed by atoms with E-state index in [1.165, 1.54) is 14.0 Å². The Balaban J connectivity index is 2.22. The number of rotatable bonds is 11. The van der Waals surface area contributed by atoms with Crippen molar-refractivity contribution in [3.8, 4) is 0 Å². The van der Waals surface area contributed by atoms with Crippen molar-refractivity contribution in [2.75, 3.05) is 13.7 Å². The van der Waals surface area contributed by atoms with E-state index in [4.69, 9.17) is 0 Å². The number of hydrogen-bond donors (Lipinski definition) is 1. The lowest BCUT2D eigenvalue weighted by atomic mass is 10.0. The second kappa shape index (κ2) is 11.4. The second-order valence-electron chi connectivity index (χ2n) is 5.84. The smallest absolute Gasteiger partial charge is 0.305 e. The van der Waals surface area contributed by atoms with Crippen LogP contribution in [0.4, 0.5) is 0 Å². The summed E-state index contributed by atoms with van der Waals surface area (Å²) in [6.45, 7) is 2.10. The van der Waals surface area contributed by atoms with Crippen LogP contribution in [0, 0.1) is 0 Å². The molecule has 24 heavy (non-hydrogen) atoms. The van der Waals surface area contributed by atoms with E-state index in [9.17, 15) is 14.4 Å². The molecule has 0 aromatic heterocycles. The predicted molar refractivity (Wildman–Crippen MR) is 92.9 cm³/mol. The van der Waals surface area contributed by atoms with Crippen LogP contribution in [-0.2, 0) is 20.7 Å². The number of carbonyl (C=O) groups excluding carboxylic acids is 3. The third-order valence-electron chi connectivity index (χ3n) is 3.83. The van der Waals surface area contributed by atoms with Crippen LogP contribution in [0.5, 0.6) is 0 Å². The van der Waals surface area contributed by atoms with E-state index in [0.29, 0.717) is 19.4 Å². The Kier molecular flexibility index (Phi) is 9.42. The summed E-state index contributed by atoms with van der Waals surface area (Å²) in [5.74, 6) is -0.0607. The minimum absolute atomic E-state index is 0.0339. The number of methoxy groups -OCH3 is 1. The number of unbranched alkanes of at least 4 members (excludes halogenated alkanes) is 3. The maximum absolute atomic E-state index is 12.1. The summed E-state index contributed by atoms with van der Waals surface area (Å²) >= 11 is 0. The fraction of sp³-hybridized carbons (Fsp3) is 0.526. The number of esters is 1. The Morgan fingerprint density at radius 3 is 2.17 bits per heavy atom. The van der Waals surface area contributed by atoms with Crippen molar-refractivity contribution in [2.24, 2.45) is 0 Å². The molecule has 0 bridgehead atoms. The normalized spacial score (nSPS) is 10.2.